The second-order valence-corrected chi connectivity index (χ2v) is 6.34. The van der Waals surface area contributed by atoms with Crippen molar-refractivity contribution in [1.82, 2.24) is 10.0 Å². The molecule has 9 heteroatoms. The first-order valence-electron chi connectivity index (χ1n) is 6.59. The number of hydrogen-bond acceptors (Lipinski definition) is 4. The smallest absolute Gasteiger partial charge is 0.383 e. The Balaban J connectivity index is 2.51. The van der Waals surface area contributed by atoms with Gasteiger partial charge in [0.05, 0.1) is 17.9 Å². The summed E-state index contributed by atoms with van der Waals surface area (Å²) in [6, 6.07) is 4.67. The summed E-state index contributed by atoms with van der Waals surface area (Å²) in [4.78, 5) is -0.0599. The Bertz CT molecular complexity index is 545. The Kier molecular flexibility index (Phi) is 7.27. The summed E-state index contributed by atoms with van der Waals surface area (Å²) in [6.45, 7) is 1.73. The van der Waals surface area contributed by atoms with Gasteiger partial charge in [0.1, 0.15) is 0 Å². The van der Waals surface area contributed by atoms with E-state index < -0.39 is 22.6 Å². The highest BCUT2D eigenvalue weighted by Gasteiger charge is 2.27. The fraction of sp³-hybridized carbons (Fsp3) is 0.538. The van der Waals surface area contributed by atoms with Crippen molar-refractivity contribution < 1.29 is 26.3 Å². The third-order valence-electron chi connectivity index (χ3n) is 2.72. The molecule has 0 fully saturated rings. The lowest BCUT2D eigenvalue weighted by Crippen LogP contribution is -2.33. The van der Waals surface area contributed by atoms with E-state index in [0.717, 1.165) is 0 Å². The zero-order valence-electron chi connectivity index (χ0n) is 12.1. The van der Waals surface area contributed by atoms with Gasteiger partial charge in [-0.2, -0.15) is 13.2 Å². The number of ether oxygens (including phenoxy) is 1. The van der Waals surface area contributed by atoms with Gasteiger partial charge in [-0.15, -0.1) is 0 Å². The molecule has 0 aliphatic carbocycles. The van der Waals surface area contributed by atoms with Crippen LogP contribution in [0.4, 0.5) is 13.2 Å². The Labute approximate surface area is 127 Å². The lowest BCUT2D eigenvalue weighted by molar-refractivity contribution is -0.127. The second kappa shape index (κ2) is 8.47. The van der Waals surface area contributed by atoms with E-state index in [4.69, 9.17) is 4.74 Å². The van der Waals surface area contributed by atoms with Crippen LogP contribution in [-0.2, 0) is 21.2 Å². The van der Waals surface area contributed by atoms with E-state index in [9.17, 15) is 21.6 Å². The van der Waals surface area contributed by atoms with Crippen molar-refractivity contribution in [2.75, 3.05) is 33.4 Å². The molecule has 22 heavy (non-hydrogen) atoms. The predicted molar refractivity (Wildman–Crippen MR) is 76.1 cm³/mol. The summed E-state index contributed by atoms with van der Waals surface area (Å²) in [5, 5.41) is 2.97. The summed E-state index contributed by atoms with van der Waals surface area (Å²) in [6.07, 6.45) is -5.39. The van der Waals surface area contributed by atoms with Crippen LogP contribution >= 0.6 is 0 Å². The molecule has 0 atom stereocenters. The van der Waals surface area contributed by atoms with Crippen molar-refractivity contribution in [2.45, 2.75) is 17.5 Å². The average Bonchev–Trinajstić information content (AvgIpc) is 2.41. The minimum absolute atomic E-state index is 0.0210. The van der Waals surface area contributed by atoms with Gasteiger partial charge in [0, 0.05) is 26.7 Å². The van der Waals surface area contributed by atoms with Crippen molar-refractivity contribution in [2.24, 2.45) is 0 Å². The number of alkyl halides is 3. The maximum atomic E-state index is 12.2. The number of methoxy groups -OCH3 is 1. The van der Waals surface area contributed by atoms with E-state index in [-0.39, 0.29) is 17.0 Å². The molecule has 0 aliphatic rings. The zero-order valence-corrected chi connectivity index (χ0v) is 12.9. The van der Waals surface area contributed by atoms with E-state index in [0.29, 0.717) is 19.7 Å². The van der Waals surface area contributed by atoms with Gasteiger partial charge in [0.25, 0.3) is 0 Å². The van der Waals surface area contributed by atoms with Gasteiger partial charge in [-0.1, -0.05) is 12.1 Å². The van der Waals surface area contributed by atoms with Crippen molar-refractivity contribution >= 4 is 10.0 Å². The number of halogens is 3. The molecule has 1 rings (SSSR count). The van der Waals surface area contributed by atoms with E-state index in [1.165, 1.54) is 24.3 Å². The third kappa shape index (κ3) is 7.21. The molecule has 0 saturated heterocycles. The number of rotatable bonds is 9. The van der Waals surface area contributed by atoms with Crippen LogP contribution < -0.4 is 10.0 Å². The lowest BCUT2D eigenvalue weighted by Gasteiger charge is -2.09. The van der Waals surface area contributed by atoms with Gasteiger partial charge in [0.15, 0.2) is 0 Å². The highest BCUT2D eigenvalue weighted by molar-refractivity contribution is 7.89. The number of benzene rings is 1. The molecule has 0 saturated carbocycles. The van der Waals surface area contributed by atoms with Crippen molar-refractivity contribution in [3.8, 4) is 0 Å². The second-order valence-electron chi connectivity index (χ2n) is 4.58. The van der Waals surface area contributed by atoms with Gasteiger partial charge in [-0.05, 0) is 17.7 Å². The van der Waals surface area contributed by atoms with Gasteiger partial charge in [-0.25, -0.2) is 13.1 Å². The third-order valence-corrected chi connectivity index (χ3v) is 4.19. The molecule has 0 amide bonds. The first kappa shape index (κ1) is 18.9. The number of hydrogen-bond donors (Lipinski definition) is 2. The van der Waals surface area contributed by atoms with Gasteiger partial charge < -0.3 is 10.1 Å². The minimum Gasteiger partial charge on any atom is -0.383 e. The molecule has 0 aromatic heterocycles. The Morgan fingerprint density at radius 2 is 1.73 bits per heavy atom. The first-order chi connectivity index (χ1) is 10.2. The number of nitrogens with one attached hydrogen (secondary N) is 2. The fourth-order valence-corrected chi connectivity index (χ4v) is 2.71. The Morgan fingerprint density at radius 1 is 1.09 bits per heavy atom. The monoisotopic (exact) mass is 340 g/mol. The average molecular weight is 340 g/mol. The number of sulfonamides is 1. The van der Waals surface area contributed by atoms with Crippen LogP contribution in [0.25, 0.3) is 0 Å². The van der Waals surface area contributed by atoms with Crippen LogP contribution in [0.2, 0.25) is 0 Å². The molecule has 126 valence electrons. The molecule has 0 spiro atoms. The highest BCUT2D eigenvalue weighted by Crippen LogP contribution is 2.22. The summed E-state index contributed by atoms with van der Waals surface area (Å²) < 4.78 is 67.7. The highest BCUT2D eigenvalue weighted by atomic mass is 32.2. The normalized spacial score (nSPS) is 12.5. The topological polar surface area (TPSA) is 67.4 Å². The fourth-order valence-electron chi connectivity index (χ4n) is 1.67. The van der Waals surface area contributed by atoms with Crippen molar-refractivity contribution in [1.29, 1.82) is 0 Å². The Hall–Kier alpha value is -1.16. The van der Waals surface area contributed by atoms with Gasteiger partial charge >= 0.3 is 6.18 Å². The molecule has 0 radical (unpaired) electrons. The molecule has 0 heterocycles. The summed E-state index contributed by atoms with van der Waals surface area (Å²) in [7, 11) is -2.15. The maximum Gasteiger partial charge on any atom is 0.393 e. The van der Waals surface area contributed by atoms with Crippen LogP contribution in [-0.4, -0.2) is 47.9 Å². The van der Waals surface area contributed by atoms with Crippen LogP contribution in [0.3, 0.4) is 0 Å². The molecule has 2 N–H and O–H groups in total. The van der Waals surface area contributed by atoms with Gasteiger partial charge in [0.2, 0.25) is 10.0 Å². The summed E-state index contributed by atoms with van der Waals surface area (Å²) in [5.74, 6) is 0. The van der Waals surface area contributed by atoms with E-state index in [1.807, 2.05) is 0 Å². The largest absolute Gasteiger partial charge is 0.393 e. The lowest BCUT2D eigenvalue weighted by atomic mass is 10.1. The van der Waals surface area contributed by atoms with Crippen LogP contribution in [0, 0.1) is 0 Å². The standard InChI is InChI=1S/C13H19F3N2O3S/c1-21-9-8-17-6-7-18-22(19,20)12-4-2-11(3-5-12)10-13(14,15)16/h2-5,17-18H,6-10H2,1H3. The molecule has 0 bridgehead atoms. The predicted octanol–water partition coefficient (Wildman–Crippen LogP) is 1.31. The molecule has 1 aromatic carbocycles. The first-order valence-corrected chi connectivity index (χ1v) is 8.08. The Morgan fingerprint density at radius 3 is 2.27 bits per heavy atom. The van der Waals surface area contributed by atoms with Crippen LogP contribution in [0.5, 0.6) is 0 Å². The molecular weight excluding hydrogens is 321 g/mol. The minimum atomic E-state index is -4.31. The molecule has 0 aliphatic heterocycles. The molecule has 1 aromatic rings. The molecule has 5 nitrogen and oxygen atoms in total. The van der Waals surface area contributed by atoms with Crippen LogP contribution in [0.1, 0.15) is 5.56 Å². The maximum absolute atomic E-state index is 12.2. The SMILES string of the molecule is COCCNCCNS(=O)(=O)c1ccc(CC(F)(F)F)cc1. The van der Waals surface area contributed by atoms with Crippen molar-refractivity contribution in [3.05, 3.63) is 29.8 Å². The summed E-state index contributed by atoms with van der Waals surface area (Å²) in [5.41, 5.74) is 0.0210. The summed E-state index contributed by atoms with van der Waals surface area (Å²) >= 11 is 0. The molecule has 0 unspecified atom stereocenters. The van der Waals surface area contributed by atoms with Gasteiger partial charge in [-0.3, -0.25) is 0 Å². The van der Waals surface area contributed by atoms with E-state index in [1.54, 1.807) is 7.11 Å². The van der Waals surface area contributed by atoms with E-state index in [2.05, 4.69) is 10.0 Å². The van der Waals surface area contributed by atoms with Crippen molar-refractivity contribution in [3.63, 3.8) is 0 Å². The van der Waals surface area contributed by atoms with Crippen LogP contribution in [0.15, 0.2) is 29.2 Å². The quantitative estimate of drug-likeness (QED) is 0.665. The zero-order chi connectivity index (χ0) is 16.6. The van der Waals surface area contributed by atoms with E-state index >= 15 is 0 Å². The molecular formula is C13H19F3N2O3S.